The maximum Gasteiger partial charge on any atom is 0.172 e. The van der Waals surface area contributed by atoms with Gasteiger partial charge in [0, 0.05) is 12.1 Å². The monoisotopic (exact) mass is 302 g/mol. The van der Waals surface area contributed by atoms with Crippen molar-refractivity contribution in [3.63, 3.8) is 0 Å². The van der Waals surface area contributed by atoms with Crippen molar-refractivity contribution in [2.24, 2.45) is 5.84 Å². The molecule has 0 aliphatic heterocycles. The number of hydrogen-bond donors (Lipinski definition) is 3. The predicted octanol–water partition coefficient (Wildman–Crippen LogP) is 2.11. The highest BCUT2D eigenvalue weighted by molar-refractivity contribution is 7.99. The van der Waals surface area contributed by atoms with E-state index in [4.69, 9.17) is 10.6 Å². The maximum absolute atomic E-state index is 5.39. The molecule has 0 amide bonds. The first kappa shape index (κ1) is 13.7. The van der Waals surface area contributed by atoms with E-state index in [0.29, 0.717) is 11.6 Å². The van der Waals surface area contributed by atoms with Gasteiger partial charge in [-0.05, 0) is 30.8 Å². The molecule has 7 nitrogen and oxygen atoms in total. The van der Waals surface area contributed by atoms with Crippen LogP contribution in [0, 0.1) is 6.92 Å². The highest BCUT2D eigenvalue weighted by atomic mass is 32.2. The van der Waals surface area contributed by atoms with Crippen LogP contribution >= 0.6 is 11.8 Å². The Hall–Kier alpha value is -2.32. The van der Waals surface area contributed by atoms with E-state index in [2.05, 4.69) is 25.4 Å². The summed E-state index contributed by atoms with van der Waals surface area (Å²) in [5.41, 5.74) is 4.32. The minimum Gasteiger partial charge on any atom is -0.497 e. The van der Waals surface area contributed by atoms with Crippen molar-refractivity contribution in [2.45, 2.75) is 17.1 Å². The highest BCUT2D eigenvalue weighted by Crippen LogP contribution is 2.28. The average molecular weight is 302 g/mol. The summed E-state index contributed by atoms with van der Waals surface area (Å²) in [6, 6.07) is 7.46. The lowest BCUT2D eigenvalue weighted by Crippen LogP contribution is -2.09. The fourth-order valence-electron chi connectivity index (χ4n) is 1.91. The second kappa shape index (κ2) is 5.58. The number of H-pyrrole nitrogens is 1. The summed E-state index contributed by atoms with van der Waals surface area (Å²) in [7, 11) is 1.64. The molecule has 0 spiro atoms. The number of anilines is 1. The molecule has 1 aromatic carbocycles. The van der Waals surface area contributed by atoms with Gasteiger partial charge in [-0.3, -0.25) is 0 Å². The molecule has 8 heteroatoms. The molecule has 0 saturated heterocycles. The Morgan fingerprint density at radius 1 is 1.24 bits per heavy atom. The van der Waals surface area contributed by atoms with E-state index in [-0.39, 0.29) is 0 Å². The standard InChI is InChI=1S/C13H14N6OS/c1-7-15-11(19-14)6-12(16-7)21-13-17-9-4-3-8(20-2)5-10(9)18-13/h3-6H,14H2,1-2H3,(H,17,18)(H,15,16,19). The molecule has 0 unspecified atom stereocenters. The number of rotatable bonds is 4. The number of nitrogens with one attached hydrogen (secondary N) is 2. The third-order valence-corrected chi connectivity index (χ3v) is 3.64. The molecule has 108 valence electrons. The van der Waals surface area contributed by atoms with E-state index in [9.17, 15) is 0 Å². The quantitative estimate of drug-likeness (QED) is 0.385. The number of nitrogens with two attached hydrogens (primary N) is 1. The van der Waals surface area contributed by atoms with Crippen LogP contribution in [0.2, 0.25) is 0 Å². The Balaban J connectivity index is 1.92. The largest absolute Gasteiger partial charge is 0.497 e. The number of aromatic nitrogens is 4. The number of ether oxygens (including phenoxy) is 1. The fraction of sp³-hybridized carbons (Fsp3) is 0.154. The summed E-state index contributed by atoms with van der Waals surface area (Å²) in [4.78, 5) is 16.2. The summed E-state index contributed by atoms with van der Waals surface area (Å²) >= 11 is 1.42. The molecule has 2 aromatic heterocycles. The van der Waals surface area contributed by atoms with E-state index < -0.39 is 0 Å². The smallest absolute Gasteiger partial charge is 0.172 e. The molecule has 0 aliphatic rings. The number of benzene rings is 1. The van der Waals surface area contributed by atoms with Gasteiger partial charge in [-0.1, -0.05) is 0 Å². The van der Waals surface area contributed by atoms with Gasteiger partial charge in [-0.2, -0.15) is 0 Å². The Morgan fingerprint density at radius 2 is 2.10 bits per heavy atom. The number of nitrogens with zero attached hydrogens (tertiary/aromatic N) is 3. The van der Waals surface area contributed by atoms with Gasteiger partial charge < -0.3 is 15.1 Å². The summed E-state index contributed by atoms with van der Waals surface area (Å²) in [6.07, 6.45) is 0. The first-order valence-electron chi connectivity index (χ1n) is 6.22. The predicted molar refractivity (Wildman–Crippen MR) is 81.3 cm³/mol. The minimum atomic E-state index is 0.572. The van der Waals surface area contributed by atoms with E-state index >= 15 is 0 Å². The van der Waals surface area contributed by atoms with Crippen LogP contribution in [0.4, 0.5) is 5.82 Å². The van der Waals surface area contributed by atoms with E-state index in [1.165, 1.54) is 11.8 Å². The van der Waals surface area contributed by atoms with Gasteiger partial charge in [-0.15, -0.1) is 0 Å². The van der Waals surface area contributed by atoms with Crippen molar-refractivity contribution >= 4 is 28.6 Å². The zero-order chi connectivity index (χ0) is 14.8. The van der Waals surface area contributed by atoms with Crippen molar-refractivity contribution < 1.29 is 4.74 Å². The number of hydrogen-bond acceptors (Lipinski definition) is 7. The number of nitrogen functional groups attached to an aromatic ring is 1. The number of imidazole rings is 1. The molecule has 2 heterocycles. The van der Waals surface area contributed by atoms with Gasteiger partial charge in [-0.25, -0.2) is 20.8 Å². The molecule has 21 heavy (non-hydrogen) atoms. The van der Waals surface area contributed by atoms with Gasteiger partial charge in [0.05, 0.1) is 18.1 Å². The van der Waals surface area contributed by atoms with Crippen molar-refractivity contribution in [3.8, 4) is 5.75 Å². The minimum absolute atomic E-state index is 0.572. The summed E-state index contributed by atoms with van der Waals surface area (Å²) in [5, 5.41) is 1.51. The van der Waals surface area contributed by atoms with Gasteiger partial charge in [0.15, 0.2) is 5.16 Å². The van der Waals surface area contributed by atoms with Crippen LogP contribution in [0.15, 0.2) is 34.4 Å². The molecule has 3 rings (SSSR count). The Kier molecular flexibility index (Phi) is 3.63. The number of hydrazine groups is 1. The van der Waals surface area contributed by atoms with Gasteiger partial charge in [0.25, 0.3) is 0 Å². The number of fused-ring (bicyclic) bond motifs is 1. The summed E-state index contributed by atoms with van der Waals surface area (Å²) in [5.74, 6) is 7.39. The van der Waals surface area contributed by atoms with Crippen molar-refractivity contribution in [3.05, 3.63) is 30.1 Å². The molecular weight excluding hydrogens is 288 g/mol. The first-order valence-corrected chi connectivity index (χ1v) is 7.03. The second-order valence-corrected chi connectivity index (χ2v) is 5.32. The SMILES string of the molecule is COc1ccc2nc(Sc3cc(NN)nc(C)n3)[nH]c2c1. The molecule has 0 aliphatic carbocycles. The number of methoxy groups -OCH3 is 1. The lowest BCUT2D eigenvalue weighted by atomic mass is 10.3. The van der Waals surface area contributed by atoms with Crippen LogP contribution in [0.5, 0.6) is 5.75 Å². The van der Waals surface area contributed by atoms with Crippen LogP contribution in [-0.4, -0.2) is 27.0 Å². The first-order chi connectivity index (χ1) is 10.2. The van der Waals surface area contributed by atoms with E-state index in [1.807, 2.05) is 25.1 Å². The summed E-state index contributed by atoms with van der Waals surface area (Å²) < 4.78 is 5.20. The Bertz CT molecular complexity index is 787. The van der Waals surface area contributed by atoms with E-state index in [0.717, 1.165) is 27.0 Å². The van der Waals surface area contributed by atoms with Crippen molar-refractivity contribution in [2.75, 3.05) is 12.5 Å². The summed E-state index contributed by atoms with van der Waals surface area (Å²) in [6.45, 7) is 1.81. The maximum atomic E-state index is 5.39. The number of aryl methyl sites for hydroxylation is 1. The molecule has 4 N–H and O–H groups in total. The Labute approximate surface area is 125 Å². The zero-order valence-electron chi connectivity index (χ0n) is 11.5. The lowest BCUT2D eigenvalue weighted by Gasteiger charge is -2.03. The third kappa shape index (κ3) is 2.91. The lowest BCUT2D eigenvalue weighted by molar-refractivity contribution is 0.415. The third-order valence-electron chi connectivity index (χ3n) is 2.83. The molecule has 0 fully saturated rings. The Morgan fingerprint density at radius 3 is 2.86 bits per heavy atom. The van der Waals surface area contributed by atoms with Gasteiger partial charge in [0.1, 0.15) is 22.4 Å². The fourth-order valence-corrected chi connectivity index (χ4v) is 2.76. The average Bonchev–Trinajstić information content (AvgIpc) is 2.87. The van der Waals surface area contributed by atoms with Crippen LogP contribution in [0.1, 0.15) is 5.82 Å². The van der Waals surface area contributed by atoms with Crippen LogP contribution in [0.3, 0.4) is 0 Å². The molecule has 3 aromatic rings. The van der Waals surface area contributed by atoms with Gasteiger partial charge >= 0.3 is 0 Å². The molecule has 0 radical (unpaired) electrons. The normalized spacial score (nSPS) is 10.8. The van der Waals surface area contributed by atoms with E-state index in [1.54, 1.807) is 13.2 Å². The number of aromatic amines is 1. The highest BCUT2D eigenvalue weighted by Gasteiger charge is 2.08. The molecule has 0 bridgehead atoms. The van der Waals surface area contributed by atoms with Crippen molar-refractivity contribution in [1.82, 2.24) is 19.9 Å². The zero-order valence-corrected chi connectivity index (χ0v) is 12.4. The molecule has 0 atom stereocenters. The second-order valence-electron chi connectivity index (χ2n) is 4.31. The van der Waals surface area contributed by atoms with Crippen LogP contribution in [-0.2, 0) is 0 Å². The molecule has 0 saturated carbocycles. The van der Waals surface area contributed by atoms with Crippen LogP contribution in [0.25, 0.3) is 11.0 Å². The van der Waals surface area contributed by atoms with Crippen molar-refractivity contribution in [1.29, 1.82) is 0 Å². The topological polar surface area (TPSA) is 102 Å². The van der Waals surface area contributed by atoms with Crippen LogP contribution < -0.4 is 16.0 Å². The van der Waals surface area contributed by atoms with Gasteiger partial charge in [0.2, 0.25) is 0 Å². The molecular formula is C13H14N6OS.